The van der Waals surface area contributed by atoms with E-state index in [9.17, 15) is 8.42 Å². The van der Waals surface area contributed by atoms with E-state index >= 15 is 0 Å². The molecule has 0 spiro atoms. The molecule has 24 heavy (non-hydrogen) atoms. The van der Waals surface area contributed by atoms with E-state index in [1.807, 2.05) is 6.07 Å². The highest BCUT2D eigenvalue weighted by Gasteiger charge is 2.18. The van der Waals surface area contributed by atoms with Crippen LogP contribution in [0.4, 0.5) is 5.69 Å². The molecule has 1 N–H and O–H groups in total. The van der Waals surface area contributed by atoms with Crippen LogP contribution in [0, 0.1) is 0 Å². The fourth-order valence-corrected chi connectivity index (χ4v) is 4.09. The van der Waals surface area contributed by atoms with E-state index in [1.54, 1.807) is 30.3 Å². The van der Waals surface area contributed by atoms with Gasteiger partial charge in [-0.15, -0.1) is 0 Å². The third-order valence-corrected chi connectivity index (χ3v) is 5.64. The quantitative estimate of drug-likeness (QED) is 0.900. The molecule has 0 fully saturated rings. The van der Waals surface area contributed by atoms with Crippen molar-refractivity contribution in [2.24, 2.45) is 0 Å². The van der Waals surface area contributed by atoms with Gasteiger partial charge in [0.2, 0.25) is 0 Å². The summed E-state index contributed by atoms with van der Waals surface area (Å²) in [6.45, 7) is 0. The number of rotatable bonds is 5. The lowest BCUT2D eigenvalue weighted by Crippen LogP contribution is -2.14. The summed E-state index contributed by atoms with van der Waals surface area (Å²) >= 11 is 0. The molecule has 6 heteroatoms. The first kappa shape index (κ1) is 16.6. The Morgan fingerprint density at radius 2 is 1.58 bits per heavy atom. The molecule has 0 saturated heterocycles. The van der Waals surface area contributed by atoms with Gasteiger partial charge in [0.25, 0.3) is 10.0 Å². The van der Waals surface area contributed by atoms with Gasteiger partial charge in [0.15, 0.2) is 11.5 Å². The van der Waals surface area contributed by atoms with Gasteiger partial charge in [-0.25, -0.2) is 8.42 Å². The van der Waals surface area contributed by atoms with Crippen LogP contribution in [0.15, 0.2) is 41.3 Å². The van der Waals surface area contributed by atoms with Crippen molar-refractivity contribution in [3.63, 3.8) is 0 Å². The molecule has 0 saturated carbocycles. The molecule has 0 unspecified atom stereocenters. The normalized spacial score (nSPS) is 13.9. The summed E-state index contributed by atoms with van der Waals surface area (Å²) in [6, 6.07) is 10.3. The van der Waals surface area contributed by atoms with Crippen molar-refractivity contribution in [1.29, 1.82) is 0 Å². The van der Waals surface area contributed by atoms with Crippen LogP contribution in [0.5, 0.6) is 11.5 Å². The van der Waals surface area contributed by atoms with Crippen LogP contribution in [0.2, 0.25) is 0 Å². The number of hydrogen-bond donors (Lipinski definition) is 1. The lowest BCUT2D eigenvalue weighted by atomic mass is 9.92. The molecule has 0 atom stereocenters. The summed E-state index contributed by atoms with van der Waals surface area (Å²) in [7, 11) is -0.588. The van der Waals surface area contributed by atoms with Crippen molar-refractivity contribution in [3.05, 3.63) is 47.5 Å². The maximum atomic E-state index is 12.7. The molecule has 2 aromatic carbocycles. The molecule has 2 aromatic rings. The van der Waals surface area contributed by atoms with Gasteiger partial charge in [-0.2, -0.15) is 0 Å². The van der Waals surface area contributed by atoms with Gasteiger partial charge in [0, 0.05) is 6.07 Å². The fraction of sp³-hybridized carbons (Fsp3) is 0.333. The largest absolute Gasteiger partial charge is 0.493 e. The molecular weight excluding hydrogens is 326 g/mol. The monoisotopic (exact) mass is 347 g/mol. The second-order valence-electron chi connectivity index (χ2n) is 5.81. The first-order valence-corrected chi connectivity index (χ1v) is 9.38. The molecule has 1 aliphatic carbocycles. The van der Waals surface area contributed by atoms with Crippen LogP contribution < -0.4 is 14.2 Å². The molecule has 0 amide bonds. The number of anilines is 1. The number of fused-ring (bicyclic) bond motifs is 1. The Balaban J connectivity index is 1.89. The SMILES string of the molecule is COc1ccc(NS(=O)(=O)c2ccc3c(c2)CCCC3)cc1OC. The molecule has 0 heterocycles. The van der Waals surface area contributed by atoms with Crippen LogP contribution in [0.1, 0.15) is 24.0 Å². The minimum atomic E-state index is -3.64. The zero-order valence-electron chi connectivity index (χ0n) is 13.8. The molecule has 0 aromatic heterocycles. The highest BCUT2D eigenvalue weighted by Crippen LogP contribution is 2.31. The van der Waals surface area contributed by atoms with Crippen LogP contribution in [-0.4, -0.2) is 22.6 Å². The standard InChI is InChI=1S/C18H21NO4S/c1-22-17-10-8-15(12-18(17)23-2)19-24(20,21)16-9-7-13-5-3-4-6-14(13)11-16/h7-12,19H,3-6H2,1-2H3. The van der Waals surface area contributed by atoms with Crippen LogP contribution in [0.3, 0.4) is 0 Å². The molecule has 1 aliphatic rings. The number of hydrogen-bond acceptors (Lipinski definition) is 4. The topological polar surface area (TPSA) is 64.6 Å². The third kappa shape index (κ3) is 3.33. The predicted molar refractivity (Wildman–Crippen MR) is 93.4 cm³/mol. The molecule has 0 radical (unpaired) electrons. The van der Waals surface area contributed by atoms with E-state index in [1.165, 1.54) is 26.2 Å². The maximum absolute atomic E-state index is 12.7. The summed E-state index contributed by atoms with van der Waals surface area (Å²) in [5, 5.41) is 0. The molecule has 5 nitrogen and oxygen atoms in total. The van der Waals surface area contributed by atoms with E-state index in [0.717, 1.165) is 24.8 Å². The fourth-order valence-electron chi connectivity index (χ4n) is 2.99. The van der Waals surface area contributed by atoms with E-state index in [2.05, 4.69) is 4.72 Å². The Labute approximate surface area is 142 Å². The number of benzene rings is 2. The van der Waals surface area contributed by atoms with E-state index in [4.69, 9.17) is 9.47 Å². The number of ether oxygens (including phenoxy) is 2. The van der Waals surface area contributed by atoms with Crippen molar-refractivity contribution >= 4 is 15.7 Å². The second kappa shape index (κ2) is 6.73. The Hall–Kier alpha value is -2.21. The average Bonchev–Trinajstić information content (AvgIpc) is 2.60. The molecule has 3 rings (SSSR count). The summed E-state index contributed by atoms with van der Waals surface area (Å²) in [4.78, 5) is 0.290. The van der Waals surface area contributed by atoms with Gasteiger partial charge in [-0.1, -0.05) is 6.07 Å². The van der Waals surface area contributed by atoms with E-state index < -0.39 is 10.0 Å². The molecule has 128 valence electrons. The molecular formula is C18H21NO4S. The predicted octanol–water partition coefficient (Wildman–Crippen LogP) is 3.38. The maximum Gasteiger partial charge on any atom is 0.261 e. The van der Waals surface area contributed by atoms with Gasteiger partial charge in [0.1, 0.15) is 0 Å². The minimum Gasteiger partial charge on any atom is -0.493 e. The summed E-state index contributed by atoms with van der Waals surface area (Å²) in [5.41, 5.74) is 2.83. The molecule has 0 bridgehead atoms. The second-order valence-corrected chi connectivity index (χ2v) is 7.50. The zero-order chi connectivity index (χ0) is 17.2. The summed E-state index contributed by atoms with van der Waals surface area (Å²) < 4.78 is 38.3. The number of nitrogens with one attached hydrogen (secondary N) is 1. The van der Waals surface area contributed by atoms with Crippen LogP contribution in [-0.2, 0) is 22.9 Å². The van der Waals surface area contributed by atoms with Gasteiger partial charge in [0.05, 0.1) is 24.8 Å². The Bertz CT molecular complexity index is 846. The Morgan fingerprint density at radius 3 is 2.29 bits per heavy atom. The summed E-state index contributed by atoms with van der Waals surface area (Å²) in [5.74, 6) is 1.03. The Morgan fingerprint density at radius 1 is 0.875 bits per heavy atom. The minimum absolute atomic E-state index is 0.290. The number of methoxy groups -OCH3 is 2. The van der Waals surface area contributed by atoms with Gasteiger partial charge >= 0.3 is 0 Å². The lowest BCUT2D eigenvalue weighted by molar-refractivity contribution is 0.355. The van der Waals surface area contributed by atoms with Crippen molar-refractivity contribution < 1.29 is 17.9 Å². The van der Waals surface area contributed by atoms with Gasteiger partial charge in [-0.3, -0.25) is 4.72 Å². The van der Waals surface area contributed by atoms with E-state index in [0.29, 0.717) is 17.2 Å². The van der Waals surface area contributed by atoms with Crippen molar-refractivity contribution in [3.8, 4) is 11.5 Å². The molecule has 0 aliphatic heterocycles. The van der Waals surface area contributed by atoms with Crippen molar-refractivity contribution in [2.75, 3.05) is 18.9 Å². The Kier molecular flexibility index (Phi) is 4.66. The van der Waals surface area contributed by atoms with Gasteiger partial charge < -0.3 is 9.47 Å². The number of sulfonamides is 1. The van der Waals surface area contributed by atoms with Crippen LogP contribution >= 0.6 is 0 Å². The summed E-state index contributed by atoms with van der Waals surface area (Å²) in [6.07, 6.45) is 4.25. The van der Waals surface area contributed by atoms with E-state index in [-0.39, 0.29) is 4.90 Å². The van der Waals surface area contributed by atoms with Crippen LogP contribution in [0.25, 0.3) is 0 Å². The average molecular weight is 347 g/mol. The highest BCUT2D eigenvalue weighted by molar-refractivity contribution is 7.92. The van der Waals surface area contributed by atoms with Crippen molar-refractivity contribution in [2.45, 2.75) is 30.6 Å². The third-order valence-electron chi connectivity index (χ3n) is 4.27. The lowest BCUT2D eigenvalue weighted by Gasteiger charge is -2.17. The van der Waals surface area contributed by atoms with Crippen molar-refractivity contribution in [1.82, 2.24) is 0 Å². The van der Waals surface area contributed by atoms with Gasteiger partial charge in [-0.05, 0) is 61.1 Å². The highest BCUT2D eigenvalue weighted by atomic mass is 32.2. The first-order chi connectivity index (χ1) is 11.5. The zero-order valence-corrected chi connectivity index (χ0v) is 14.7. The number of aryl methyl sites for hydroxylation is 2. The smallest absolute Gasteiger partial charge is 0.261 e. The first-order valence-electron chi connectivity index (χ1n) is 7.90.